The summed E-state index contributed by atoms with van der Waals surface area (Å²) in [5.74, 6) is 1.07. The minimum Gasteiger partial charge on any atom is -0.496 e. The number of nitrogens with zero attached hydrogens (tertiary/aromatic N) is 1. The van der Waals surface area contributed by atoms with Crippen LogP contribution in [-0.4, -0.2) is 25.1 Å². The third-order valence-electron chi connectivity index (χ3n) is 2.81. The Balaban J connectivity index is 2.33. The molecular weight excluding hydrogens is 256 g/mol. The average molecular weight is 272 g/mol. The van der Waals surface area contributed by atoms with Crippen molar-refractivity contribution in [2.45, 2.75) is 6.92 Å². The molecule has 0 saturated heterocycles. The van der Waals surface area contributed by atoms with Gasteiger partial charge in [0, 0.05) is 6.20 Å². The summed E-state index contributed by atoms with van der Waals surface area (Å²) in [6.45, 7) is 1.93. The molecule has 1 aromatic heterocycles. The molecule has 5 nitrogen and oxygen atoms in total. The molecule has 0 bridgehead atoms. The molecule has 2 aromatic rings. The molecule has 0 aliphatic rings. The highest BCUT2D eigenvalue weighted by Crippen LogP contribution is 2.28. The molecule has 5 heteroatoms. The van der Waals surface area contributed by atoms with Crippen molar-refractivity contribution in [2.24, 2.45) is 0 Å². The molecule has 20 heavy (non-hydrogen) atoms. The van der Waals surface area contributed by atoms with Crippen LogP contribution in [0, 0.1) is 6.92 Å². The van der Waals surface area contributed by atoms with Gasteiger partial charge in [0.2, 0.25) is 0 Å². The van der Waals surface area contributed by atoms with E-state index in [1.54, 1.807) is 30.5 Å². The molecule has 0 aliphatic heterocycles. The monoisotopic (exact) mass is 272 g/mol. The van der Waals surface area contributed by atoms with Gasteiger partial charge in [0.15, 0.2) is 0 Å². The first-order valence-corrected chi connectivity index (χ1v) is 6.10. The minimum atomic E-state index is -0.322. The van der Waals surface area contributed by atoms with Crippen LogP contribution < -0.4 is 14.8 Å². The standard InChI is InChI=1S/C15H16N2O3/c1-10-7-8-16-13(9-10)17-15(18)14-11(19-2)5-4-6-12(14)20-3/h4-9H,1-3H3,(H,16,17,18). The maximum Gasteiger partial charge on any atom is 0.264 e. The Hall–Kier alpha value is -2.56. The van der Waals surface area contributed by atoms with Crippen molar-refractivity contribution in [1.29, 1.82) is 0 Å². The fraction of sp³-hybridized carbons (Fsp3) is 0.200. The predicted molar refractivity (Wildman–Crippen MR) is 76.5 cm³/mol. The van der Waals surface area contributed by atoms with E-state index in [-0.39, 0.29) is 5.91 Å². The van der Waals surface area contributed by atoms with Crippen LogP contribution in [0.2, 0.25) is 0 Å². The van der Waals surface area contributed by atoms with Gasteiger partial charge in [0.25, 0.3) is 5.91 Å². The summed E-state index contributed by atoms with van der Waals surface area (Å²) in [7, 11) is 3.02. The molecule has 104 valence electrons. The zero-order valence-electron chi connectivity index (χ0n) is 11.6. The van der Waals surface area contributed by atoms with E-state index in [9.17, 15) is 4.79 Å². The van der Waals surface area contributed by atoms with Gasteiger partial charge in [-0.05, 0) is 36.8 Å². The van der Waals surface area contributed by atoms with E-state index in [0.717, 1.165) is 5.56 Å². The molecule has 2 rings (SSSR count). The number of methoxy groups -OCH3 is 2. The zero-order valence-corrected chi connectivity index (χ0v) is 11.6. The van der Waals surface area contributed by atoms with Crippen molar-refractivity contribution < 1.29 is 14.3 Å². The largest absolute Gasteiger partial charge is 0.496 e. The van der Waals surface area contributed by atoms with Gasteiger partial charge in [0.05, 0.1) is 14.2 Å². The van der Waals surface area contributed by atoms with Gasteiger partial charge in [0.1, 0.15) is 22.9 Å². The lowest BCUT2D eigenvalue weighted by Crippen LogP contribution is -2.15. The molecule has 0 atom stereocenters. The van der Waals surface area contributed by atoms with E-state index in [4.69, 9.17) is 9.47 Å². The van der Waals surface area contributed by atoms with Gasteiger partial charge in [-0.1, -0.05) is 6.07 Å². The second-order valence-corrected chi connectivity index (χ2v) is 4.21. The molecule has 0 radical (unpaired) electrons. The third-order valence-corrected chi connectivity index (χ3v) is 2.81. The zero-order chi connectivity index (χ0) is 14.5. The molecule has 0 saturated carbocycles. The lowest BCUT2D eigenvalue weighted by Gasteiger charge is -2.12. The number of carbonyl (C=O) groups is 1. The van der Waals surface area contributed by atoms with Crippen LogP contribution in [0.4, 0.5) is 5.82 Å². The highest BCUT2D eigenvalue weighted by Gasteiger charge is 2.18. The van der Waals surface area contributed by atoms with Gasteiger partial charge >= 0.3 is 0 Å². The van der Waals surface area contributed by atoms with Crippen molar-refractivity contribution in [3.8, 4) is 11.5 Å². The summed E-state index contributed by atoms with van der Waals surface area (Å²) in [4.78, 5) is 16.5. The Morgan fingerprint density at radius 1 is 1.15 bits per heavy atom. The first-order chi connectivity index (χ1) is 9.65. The number of pyridine rings is 1. The van der Waals surface area contributed by atoms with Crippen LogP contribution >= 0.6 is 0 Å². The lowest BCUT2D eigenvalue weighted by atomic mass is 10.1. The van der Waals surface area contributed by atoms with Gasteiger partial charge in [-0.2, -0.15) is 0 Å². The highest BCUT2D eigenvalue weighted by molar-refractivity contribution is 6.07. The highest BCUT2D eigenvalue weighted by atomic mass is 16.5. The molecule has 1 amide bonds. The Bertz CT molecular complexity index is 604. The van der Waals surface area contributed by atoms with E-state index < -0.39 is 0 Å². The van der Waals surface area contributed by atoms with E-state index in [1.165, 1.54) is 14.2 Å². The predicted octanol–water partition coefficient (Wildman–Crippen LogP) is 2.66. The average Bonchev–Trinajstić information content (AvgIpc) is 2.46. The summed E-state index contributed by atoms with van der Waals surface area (Å²) in [6, 6.07) is 8.83. The first-order valence-electron chi connectivity index (χ1n) is 6.10. The Morgan fingerprint density at radius 3 is 2.35 bits per heavy atom. The van der Waals surface area contributed by atoms with E-state index >= 15 is 0 Å². The number of hydrogen-bond acceptors (Lipinski definition) is 4. The summed E-state index contributed by atoms with van der Waals surface area (Å²) in [5.41, 5.74) is 1.36. The Morgan fingerprint density at radius 2 is 1.80 bits per heavy atom. The summed E-state index contributed by atoms with van der Waals surface area (Å²) < 4.78 is 10.4. The summed E-state index contributed by atoms with van der Waals surface area (Å²) in [6.07, 6.45) is 1.64. The quantitative estimate of drug-likeness (QED) is 0.929. The molecule has 1 N–H and O–H groups in total. The number of aromatic nitrogens is 1. The summed E-state index contributed by atoms with van der Waals surface area (Å²) in [5, 5.41) is 2.74. The van der Waals surface area contributed by atoms with Crippen molar-refractivity contribution >= 4 is 11.7 Å². The van der Waals surface area contributed by atoms with Crippen LogP contribution in [0.25, 0.3) is 0 Å². The number of amides is 1. The minimum absolute atomic E-state index is 0.322. The van der Waals surface area contributed by atoms with Gasteiger partial charge in [-0.3, -0.25) is 4.79 Å². The molecule has 0 spiro atoms. The third kappa shape index (κ3) is 2.88. The fourth-order valence-corrected chi connectivity index (χ4v) is 1.86. The lowest BCUT2D eigenvalue weighted by molar-refractivity contribution is 0.102. The molecule has 0 unspecified atom stereocenters. The summed E-state index contributed by atoms with van der Waals surface area (Å²) >= 11 is 0. The van der Waals surface area contributed by atoms with Crippen molar-refractivity contribution in [3.05, 3.63) is 47.7 Å². The first kappa shape index (κ1) is 13.9. The van der Waals surface area contributed by atoms with E-state index in [0.29, 0.717) is 22.9 Å². The van der Waals surface area contributed by atoms with Crippen LogP contribution in [0.3, 0.4) is 0 Å². The van der Waals surface area contributed by atoms with Crippen LogP contribution in [0.5, 0.6) is 11.5 Å². The number of aryl methyl sites for hydroxylation is 1. The van der Waals surface area contributed by atoms with E-state index in [2.05, 4.69) is 10.3 Å². The molecule has 1 heterocycles. The van der Waals surface area contributed by atoms with Gasteiger partial charge in [-0.25, -0.2) is 4.98 Å². The van der Waals surface area contributed by atoms with Crippen molar-refractivity contribution in [2.75, 3.05) is 19.5 Å². The fourth-order valence-electron chi connectivity index (χ4n) is 1.86. The number of ether oxygens (including phenoxy) is 2. The van der Waals surface area contributed by atoms with Crippen LogP contribution in [0.1, 0.15) is 15.9 Å². The van der Waals surface area contributed by atoms with Crippen molar-refractivity contribution in [3.63, 3.8) is 0 Å². The number of carbonyl (C=O) groups excluding carboxylic acids is 1. The maximum atomic E-state index is 12.4. The number of hydrogen-bond donors (Lipinski definition) is 1. The molecule has 1 aromatic carbocycles. The van der Waals surface area contributed by atoms with Crippen LogP contribution in [0.15, 0.2) is 36.5 Å². The molecule has 0 aliphatic carbocycles. The number of benzene rings is 1. The van der Waals surface area contributed by atoms with Gasteiger partial charge < -0.3 is 14.8 Å². The number of rotatable bonds is 4. The topological polar surface area (TPSA) is 60.5 Å². The molecular formula is C15H16N2O3. The van der Waals surface area contributed by atoms with E-state index in [1.807, 2.05) is 13.0 Å². The molecule has 0 fully saturated rings. The number of anilines is 1. The number of nitrogens with one attached hydrogen (secondary N) is 1. The second-order valence-electron chi connectivity index (χ2n) is 4.21. The SMILES string of the molecule is COc1cccc(OC)c1C(=O)Nc1cc(C)ccn1. The Labute approximate surface area is 117 Å². The maximum absolute atomic E-state index is 12.4. The second kappa shape index (κ2) is 6.06. The van der Waals surface area contributed by atoms with Gasteiger partial charge in [-0.15, -0.1) is 0 Å². The van der Waals surface area contributed by atoms with Crippen LogP contribution in [-0.2, 0) is 0 Å². The Kier molecular flexibility index (Phi) is 4.20. The smallest absolute Gasteiger partial charge is 0.264 e. The normalized spacial score (nSPS) is 9.95. The van der Waals surface area contributed by atoms with Crippen molar-refractivity contribution in [1.82, 2.24) is 4.98 Å².